The predicted molar refractivity (Wildman–Crippen MR) is 365 cm³/mol. The van der Waals surface area contributed by atoms with Crippen molar-refractivity contribution in [1.29, 1.82) is 0 Å². The molecule has 0 spiro atoms. The number of rotatable bonds is 14. The number of benzene rings is 3. The van der Waals surface area contributed by atoms with E-state index >= 15 is 0 Å². The van der Waals surface area contributed by atoms with E-state index in [2.05, 4.69) is 76.1 Å². The number of halogens is 4. The van der Waals surface area contributed by atoms with E-state index in [1.165, 1.54) is 0 Å². The molecule has 0 atom stereocenters. The van der Waals surface area contributed by atoms with Crippen LogP contribution in [0.15, 0.2) is 148 Å². The first-order valence-corrected chi connectivity index (χ1v) is 28.4. The molecule has 9 heterocycles. The number of nitrogens with two attached hydrogens (primary N) is 4. The normalized spacial score (nSPS) is 11.9. The predicted octanol–water partition coefficient (Wildman–Crippen LogP) is 10.9. The summed E-state index contributed by atoms with van der Waals surface area (Å²) in [6, 6.07) is 34.1. The van der Waals surface area contributed by atoms with Gasteiger partial charge in [-0.1, -0.05) is 86.1 Å². The van der Waals surface area contributed by atoms with E-state index in [1.54, 1.807) is 36.8 Å². The number of H-pyrrole nitrogens is 1. The number of aryl methyl sites for hydroxylation is 3. The topological polar surface area (TPSA) is 368 Å². The van der Waals surface area contributed by atoms with Crippen molar-refractivity contribution in [3.05, 3.63) is 205 Å². The minimum atomic E-state index is -1.02. The number of nitrogens with zero attached hydrogens (tertiary/aromatic N) is 12. The first-order valence-electron chi connectivity index (χ1n) is 27.3. The summed E-state index contributed by atoms with van der Waals surface area (Å²) >= 11 is 18.0. The minimum absolute atomic E-state index is 0. The van der Waals surface area contributed by atoms with Crippen LogP contribution in [0.3, 0.4) is 0 Å². The lowest BCUT2D eigenvalue weighted by molar-refractivity contribution is -0.129. The summed E-state index contributed by atoms with van der Waals surface area (Å²) in [7, 11) is 0. The maximum Gasteiger partial charge on any atom is 0.352 e. The molecule has 27 heteroatoms. The van der Waals surface area contributed by atoms with Crippen molar-refractivity contribution >= 4 is 138 Å². The SMILES string of the molecule is C.C.Cc1nc(N)ccc1CN.Cc1nc(N)ccc1CNC(=O)C1=NN=C(Cc2ccc3ncc(Cl)cc3c2)C1.Cc1nc(N)ccc1CNC(=O)c1n[nH]c(Cc2ccc3ncc(Cl)cc3c2)n1.Cl.O=C(O)C1=NN=C(Cc2ccc3ncc(Cl)cc3c2)C1. The molecule has 2 amide bonds. The standard InChI is InChI=1S/C21H19ClN6O.C20H18ClN7O.C14H10ClN3O2.C7H11N3.2CH4.ClH/c1-12-14(3-5-20(23)26-12)10-25-21(29)19-9-17(27-28-19)7-13-2-4-18-15(6-13)8-16(22)11-24-18;1-11-13(3-5-17(22)25-11)9-24-20(29)19-26-18(27-28-19)7-12-2-4-16-14(6-12)8-15(21)10-23-16;15-10-5-9-3-8(1-2-12(9)16-7-10)4-11-6-13(14(19)20)18-17-11;1-5-6(4-8)2-3-7(9)10-5;;;/h2-6,8,11H,7,9-10H2,1H3,(H2,23,26)(H,25,29);2-6,8,10H,7,9H2,1H3,(H2,22,25)(H,24,29)(H,26,27,28);1-3,5,7H,4,6H2,(H,19,20);2-3H,4,8H2,1H3,(H2,9,10);2*1H4;1H. The van der Waals surface area contributed by atoms with Crippen LogP contribution in [0.25, 0.3) is 32.7 Å². The highest BCUT2D eigenvalue weighted by atomic mass is 35.5. The molecule has 10 aromatic rings. The van der Waals surface area contributed by atoms with Gasteiger partial charge in [-0.05, 0) is 127 Å². The monoisotopic (exact) mass is 1310 g/mol. The van der Waals surface area contributed by atoms with Crippen LogP contribution in [0.1, 0.15) is 94.6 Å². The number of fused-ring (bicyclic) bond motifs is 3. The van der Waals surface area contributed by atoms with Gasteiger partial charge in [0.2, 0.25) is 5.82 Å². The summed E-state index contributed by atoms with van der Waals surface area (Å²) in [4.78, 5) is 65.1. The molecule has 0 saturated heterocycles. The number of carbonyl (C=O) groups excluding carboxylic acids is 2. The molecule has 0 aliphatic carbocycles. The Bertz CT molecular complexity index is 4420. The molecule has 12 N–H and O–H groups in total. The molecule has 0 radical (unpaired) electrons. The maximum atomic E-state index is 12.4. The molecule has 0 saturated carbocycles. The summed E-state index contributed by atoms with van der Waals surface area (Å²) in [5.41, 5.74) is 35.3. The lowest BCUT2D eigenvalue weighted by atomic mass is 10.0. The van der Waals surface area contributed by atoms with Gasteiger partial charge in [0.15, 0.2) is 5.71 Å². The first-order chi connectivity index (χ1) is 42.3. The number of aromatic amines is 1. The van der Waals surface area contributed by atoms with Crippen molar-refractivity contribution in [2.24, 2.45) is 26.1 Å². The number of nitrogens with one attached hydrogen (secondary N) is 3. The first kappa shape index (κ1) is 70.2. The number of amides is 2. The van der Waals surface area contributed by atoms with Gasteiger partial charge in [0.1, 0.15) is 29.0 Å². The van der Waals surface area contributed by atoms with Crippen molar-refractivity contribution in [2.75, 3.05) is 17.2 Å². The Morgan fingerprint density at radius 1 is 0.516 bits per heavy atom. The summed E-state index contributed by atoms with van der Waals surface area (Å²) in [5.74, 6) is 0.535. The van der Waals surface area contributed by atoms with E-state index in [1.807, 2.05) is 112 Å². The molecule has 0 unspecified atom stereocenters. The fraction of sp³-hybridized carbons (Fsp3) is 0.203. The van der Waals surface area contributed by atoms with Crippen LogP contribution >= 0.6 is 47.2 Å². The van der Waals surface area contributed by atoms with Gasteiger partial charge in [0.05, 0.1) is 43.0 Å². The minimum Gasteiger partial charge on any atom is -0.477 e. The Morgan fingerprint density at radius 2 is 0.912 bits per heavy atom. The lowest BCUT2D eigenvalue weighted by Gasteiger charge is -2.08. The molecule has 2 aliphatic rings. The highest BCUT2D eigenvalue weighted by Gasteiger charge is 2.22. The van der Waals surface area contributed by atoms with E-state index in [0.717, 1.165) is 94.6 Å². The zero-order chi connectivity index (χ0) is 62.4. The fourth-order valence-corrected chi connectivity index (χ4v) is 9.61. The van der Waals surface area contributed by atoms with E-state index < -0.39 is 5.97 Å². The Hall–Kier alpha value is -9.91. The summed E-state index contributed by atoms with van der Waals surface area (Å²) in [6.07, 6.45) is 7.27. The summed E-state index contributed by atoms with van der Waals surface area (Å²) in [6.45, 7) is 6.82. The van der Waals surface area contributed by atoms with Gasteiger partial charge >= 0.3 is 5.97 Å². The Balaban J connectivity index is 0.000000201. The number of nitrogen functional groups attached to an aromatic ring is 3. The molecule has 23 nitrogen and oxygen atoms in total. The largest absolute Gasteiger partial charge is 0.477 e. The molecule has 0 fully saturated rings. The smallest absolute Gasteiger partial charge is 0.352 e. The molecule has 12 rings (SSSR count). The Kier molecular flexibility index (Phi) is 25.1. The van der Waals surface area contributed by atoms with E-state index in [-0.39, 0.29) is 50.6 Å². The second-order valence-electron chi connectivity index (χ2n) is 20.3. The molecular weight excluding hydrogens is 1240 g/mol. The maximum absolute atomic E-state index is 12.4. The van der Waals surface area contributed by atoms with Crippen molar-refractivity contribution in [3.63, 3.8) is 0 Å². The van der Waals surface area contributed by atoms with Gasteiger partial charge in [0, 0.05) is 104 Å². The molecule has 2 aliphatic heterocycles. The average Bonchev–Trinajstić information content (AvgIpc) is 2.13. The van der Waals surface area contributed by atoms with Crippen molar-refractivity contribution in [2.45, 2.75) is 87.4 Å². The zero-order valence-corrected chi connectivity index (χ0v) is 51.3. The van der Waals surface area contributed by atoms with Crippen LogP contribution in [0.5, 0.6) is 0 Å². The van der Waals surface area contributed by atoms with Gasteiger partial charge in [-0.15, -0.1) is 27.7 Å². The third kappa shape index (κ3) is 19.5. The Morgan fingerprint density at radius 3 is 1.32 bits per heavy atom. The van der Waals surface area contributed by atoms with Crippen LogP contribution in [0.4, 0.5) is 17.5 Å². The summed E-state index contributed by atoms with van der Waals surface area (Å²) in [5, 5.41) is 41.8. The Labute approximate surface area is 545 Å². The van der Waals surface area contributed by atoms with E-state index in [9.17, 15) is 14.4 Å². The number of anilines is 3. The number of carbonyl (C=O) groups is 3. The molecule has 91 heavy (non-hydrogen) atoms. The quantitative estimate of drug-likeness (QED) is 0.0501. The van der Waals surface area contributed by atoms with Gasteiger partial charge in [-0.3, -0.25) is 29.6 Å². The van der Waals surface area contributed by atoms with Gasteiger partial charge < -0.3 is 38.7 Å². The van der Waals surface area contributed by atoms with E-state index in [0.29, 0.717) is 95.8 Å². The van der Waals surface area contributed by atoms with Crippen LogP contribution in [-0.2, 0) is 48.5 Å². The molecule has 7 aromatic heterocycles. The number of aliphatic carboxylic acids is 1. The highest BCUT2D eigenvalue weighted by Crippen LogP contribution is 2.23. The third-order valence-corrected chi connectivity index (χ3v) is 14.3. The number of hydrogen-bond donors (Lipinski definition) is 8. The van der Waals surface area contributed by atoms with E-state index in [4.69, 9.17) is 62.8 Å². The highest BCUT2D eigenvalue weighted by molar-refractivity contribution is 6.43. The number of carboxylic acid groups (broad SMARTS) is 1. The molecule has 0 bridgehead atoms. The average molecular weight is 1310 g/mol. The second kappa shape index (κ2) is 32.5. The lowest BCUT2D eigenvalue weighted by Crippen LogP contribution is -2.31. The van der Waals surface area contributed by atoms with Crippen LogP contribution < -0.4 is 33.6 Å². The number of hydrogen-bond acceptors (Lipinski definition) is 19. The van der Waals surface area contributed by atoms with Crippen LogP contribution in [0, 0.1) is 20.8 Å². The third-order valence-electron chi connectivity index (χ3n) is 13.7. The van der Waals surface area contributed by atoms with Crippen molar-refractivity contribution in [3.8, 4) is 0 Å². The van der Waals surface area contributed by atoms with Crippen LogP contribution in [-0.4, -0.2) is 90.8 Å². The number of aromatic nitrogens is 9. The van der Waals surface area contributed by atoms with Crippen molar-refractivity contribution in [1.82, 2.24) is 55.7 Å². The second-order valence-corrected chi connectivity index (χ2v) is 21.6. The van der Waals surface area contributed by atoms with Gasteiger partial charge in [-0.2, -0.15) is 10.2 Å². The number of pyridine rings is 6. The fourth-order valence-electron chi connectivity index (χ4n) is 9.11. The molecule has 470 valence electrons. The van der Waals surface area contributed by atoms with Crippen molar-refractivity contribution < 1.29 is 19.5 Å². The summed E-state index contributed by atoms with van der Waals surface area (Å²) < 4.78 is 0. The molecular formula is C64H67Cl4N19O4. The van der Waals surface area contributed by atoms with Gasteiger partial charge in [-0.25, -0.2) is 24.7 Å². The number of carboxylic acids is 1. The zero-order valence-electron chi connectivity index (χ0n) is 48.2. The molecule has 3 aromatic carbocycles. The van der Waals surface area contributed by atoms with Crippen LogP contribution in [0.2, 0.25) is 15.1 Å². The van der Waals surface area contributed by atoms with Gasteiger partial charge in [0.25, 0.3) is 11.8 Å².